The Labute approximate surface area is 182 Å². The van der Waals surface area contributed by atoms with Gasteiger partial charge in [0.25, 0.3) is 5.91 Å². The van der Waals surface area contributed by atoms with Crippen molar-refractivity contribution in [3.05, 3.63) is 97.1 Å². The lowest BCUT2D eigenvalue weighted by Gasteiger charge is -2.12. The number of ether oxygens (including phenoxy) is 1. The summed E-state index contributed by atoms with van der Waals surface area (Å²) in [5.41, 5.74) is 2.41. The minimum atomic E-state index is -3.62. The maximum atomic E-state index is 12.3. The summed E-state index contributed by atoms with van der Waals surface area (Å²) in [7, 11) is -3.62. The van der Waals surface area contributed by atoms with Crippen LogP contribution in [-0.2, 0) is 10.0 Å². The number of nitrogens with one attached hydrogen (secondary N) is 2. The number of hydrogen-bond acceptors (Lipinski definition) is 4. The van der Waals surface area contributed by atoms with E-state index in [-0.39, 0.29) is 17.3 Å². The highest BCUT2D eigenvalue weighted by Crippen LogP contribution is 2.29. The van der Waals surface area contributed by atoms with Crippen LogP contribution in [0.4, 0.5) is 0 Å². The van der Waals surface area contributed by atoms with Gasteiger partial charge in [0, 0.05) is 17.7 Å². The Morgan fingerprint density at radius 3 is 2.32 bits per heavy atom. The molecule has 0 aliphatic heterocycles. The van der Waals surface area contributed by atoms with Gasteiger partial charge in [-0.05, 0) is 35.9 Å². The van der Waals surface area contributed by atoms with Crippen LogP contribution in [0.5, 0.6) is 5.75 Å². The third-order valence-electron chi connectivity index (χ3n) is 4.46. The lowest BCUT2D eigenvalue weighted by molar-refractivity contribution is 0.0947. The quantitative estimate of drug-likeness (QED) is 0.376. The SMILES string of the molecule is C=CCNS(=O)(=O)c1ccc(C(=O)NCCOc2ccccc2-c2ccccc2)cc1. The van der Waals surface area contributed by atoms with Gasteiger partial charge in [0.2, 0.25) is 10.0 Å². The van der Waals surface area contributed by atoms with E-state index in [2.05, 4.69) is 16.6 Å². The third-order valence-corrected chi connectivity index (χ3v) is 5.90. The summed E-state index contributed by atoms with van der Waals surface area (Å²) in [5, 5.41) is 2.78. The number of benzene rings is 3. The molecule has 0 saturated carbocycles. The van der Waals surface area contributed by atoms with Gasteiger partial charge in [0.15, 0.2) is 0 Å². The molecule has 0 aliphatic rings. The van der Waals surface area contributed by atoms with E-state index >= 15 is 0 Å². The van der Waals surface area contributed by atoms with Crippen molar-refractivity contribution in [1.29, 1.82) is 0 Å². The van der Waals surface area contributed by atoms with Crippen LogP contribution in [0, 0.1) is 0 Å². The summed E-state index contributed by atoms with van der Waals surface area (Å²) in [6.07, 6.45) is 1.46. The van der Waals surface area contributed by atoms with Crippen molar-refractivity contribution in [2.75, 3.05) is 19.7 Å². The molecular weight excluding hydrogens is 412 g/mol. The second kappa shape index (κ2) is 10.6. The average Bonchev–Trinajstić information content (AvgIpc) is 2.81. The number of amides is 1. The first-order valence-electron chi connectivity index (χ1n) is 9.77. The Balaban J connectivity index is 1.54. The first-order chi connectivity index (χ1) is 15.0. The Bertz CT molecular complexity index is 1130. The first-order valence-corrected chi connectivity index (χ1v) is 11.3. The highest BCUT2D eigenvalue weighted by molar-refractivity contribution is 7.89. The van der Waals surface area contributed by atoms with Crippen LogP contribution in [0.2, 0.25) is 0 Å². The number of sulfonamides is 1. The second-order valence-electron chi connectivity index (χ2n) is 6.63. The fraction of sp³-hybridized carbons (Fsp3) is 0.125. The summed E-state index contributed by atoms with van der Waals surface area (Å²) in [4.78, 5) is 12.4. The van der Waals surface area contributed by atoms with E-state index in [4.69, 9.17) is 4.74 Å². The van der Waals surface area contributed by atoms with E-state index in [0.29, 0.717) is 18.7 Å². The number of hydrogen-bond donors (Lipinski definition) is 2. The number of para-hydroxylation sites is 1. The largest absolute Gasteiger partial charge is 0.491 e. The zero-order chi connectivity index (χ0) is 22.1. The van der Waals surface area contributed by atoms with Gasteiger partial charge >= 0.3 is 0 Å². The molecule has 0 aromatic heterocycles. The van der Waals surface area contributed by atoms with Gasteiger partial charge in [0.05, 0.1) is 11.4 Å². The zero-order valence-electron chi connectivity index (χ0n) is 17.0. The van der Waals surface area contributed by atoms with Crippen molar-refractivity contribution in [2.45, 2.75) is 4.90 Å². The first kappa shape index (κ1) is 22.3. The minimum absolute atomic E-state index is 0.0896. The topological polar surface area (TPSA) is 84.5 Å². The highest BCUT2D eigenvalue weighted by atomic mass is 32.2. The van der Waals surface area contributed by atoms with E-state index in [9.17, 15) is 13.2 Å². The molecule has 160 valence electrons. The molecule has 0 aliphatic carbocycles. The standard InChI is InChI=1S/C24H24N2O4S/c1-2-16-26-31(28,29)21-14-12-20(13-15-21)24(27)25-17-18-30-23-11-7-6-10-22(23)19-8-4-3-5-9-19/h2-15,26H,1,16-18H2,(H,25,27). The number of carbonyl (C=O) groups excluding carboxylic acids is 1. The lowest BCUT2D eigenvalue weighted by atomic mass is 10.1. The average molecular weight is 437 g/mol. The monoisotopic (exact) mass is 436 g/mol. The van der Waals surface area contributed by atoms with Gasteiger partial charge in [-0.25, -0.2) is 13.1 Å². The molecule has 7 heteroatoms. The molecule has 3 aromatic carbocycles. The van der Waals surface area contributed by atoms with Crippen molar-refractivity contribution in [3.63, 3.8) is 0 Å². The molecule has 0 heterocycles. The van der Waals surface area contributed by atoms with Crippen LogP contribution in [0.15, 0.2) is 96.4 Å². The van der Waals surface area contributed by atoms with Gasteiger partial charge in [0.1, 0.15) is 12.4 Å². The Kier molecular flexibility index (Phi) is 7.59. The molecule has 0 saturated heterocycles. The van der Waals surface area contributed by atoms with Crippen LogP contribution in [0.25, 0.3) is 11.1 Å². The van der Waals surface area contributed by atoms with E-state index in [1.807, 2.05) is 54.6 Å². The normalized spacial score (nSPS) is 11.0. The minimum Gasteiger partial charge on any atom is -0.491 e. The lowest BCUT2D eigenvalue weighted by Crippen LogP contribution is -2.28. The number of carbonyl (C=O) groups is 1. The molecule has 31 heavy (non-hydrogen) atoms. The van der Waals surface area contributed by atoms with Gasteiger partial charge in [-0.2, -0.15) is 0 Å². The molecule has 3 rings (SSSR count). The molecule has 2 N–H and O–H groups in total. The van der Waals surface area contributed by atoms with Crippen molar-refractivity contribution >= 4 is 15.9 Å². The number of rotatable bonds is 10. The fourth-order valence-corrected chi connectivity index (χ4v) is 3.91. The van der Waals surface area contributed by atoms with E-state index in [0.717, 1.165) is 16.9 Å². The van der Waals surface area contributed by atoms with Gasteiger partial charge in [-0.1, -0.05) is 54.6 Å². The molecule has 1 amide bonds. The molecule has 0 spiro atoms. The Hall–Kier alpha value is -3.42. The molecule has 3 aromatic rings. The summed E-state index contributed by atoms with van der Waals surface area (Å²) in [5.74, 6) is 0.437. The zero-order valence-corrected chi connectivity index (χ0v) is 17.8. The molecule has 0 atom stereocenters. The van der Waals surface area contributed by atoms with Crippen LogP contribution in [0.1, 0.15) is 10.4 Å². The van der Waals surface area contributed by atoms with Crippen molar-refractivity contribution < 1.29 is 17.9 Å². The van der Waals surface area contributed by atoms with Crippen LogP contribution < -0.4 is 14.8 Å². The van der Waals surface area contributed by atoms with E-state index < -0.39 is 10.0 Å². The van der Waals surface area contributed by atoms with Crippen molar-refractivity contribution in [1.82, 2.24) is 10.0 Å². The van der Waals surface area contributed by atoms with Gasteiger partial charge in [-0.15, -0.1) is 6.58 Å². The fourth-order valence-electron chi connectivity index (χ4n) is 2.91. The highest BCUT2D eigenvalue weighted by Gasteiger charge is 2.14. The maximum absolute atomic E-state index is 12.3. The smallest absolute Gasteiger partial charge is 0.251 e. The molecule has 0 radical (unpaired) electrons. The molecule has 6 nitrogen and oxygen atoms in total. The van der Waals surface area contributed by atoms with E-state index in [1.54, 1.807) is 0 Å². The summed E-state index contributed by atoms with van der Waals surface area (Å²) in [6, 6.07) is 23.4. The Morgan fingerprint density at radius 2 is 1.61 bits per heavy atom. The van der Waals surface area contributed by atoms with Gasteiger partial charge < -0.3 is 10.1 Å². The maximum Gasteiger partial charge on any atom is 0.251 e. The predicted octanol–water partition coefficient (Wildman–Crippen LogP) is 3.63. The summed E-state index contributed by atoms with van der Waals surface area (Å²) >= 11 is 0. The molecular formula is C24H24N2O4S. The molecule has 0 fully saturated rings. The Morgan fingerprint density at radius 1 is 0.935 bits per heavy atom. The third kappa shape index (κ3) is 6.04. The van der Waals surface area contributed by atoms with Crippen LogP contribution in [0.3, 0.4) is 0 Å². The molecule has 0 unspecified atom stereocenters. The molecule has 0 bridgehead atoms. The van der Waals surface area contributed by atoms with Crippen LogP contribution in [-0.4, -0.2) is 34.0 Å². The van der Waals surface area contributed by atoms with Crippen molar-refractivity contribution in [2.24, 2.45) is 0 Å². The predicted molar refractivity (Wildman–Crippen MR) is 122 cm³/mol. The van der Waals surface area contributed by atoms with Crippen molar-refractivity contribution in [3.8, 4) is 16.9 Å². The summed E-state index contributed by atoms with van der Waals surface area (Å²) < 4.78 is 32.4. The van der Waals surface area contributed by atoms with E-state index in [1.165, 1.54) is 30.3 Å². The summed E-state index contributed by atoms with van der Waals surface area (Å²) in [6.45, 7) is 4.22. The second-order valence-corrected chi connectivity index (χ2v) is 8.40. The van der Waals surface area contributed by atoms with Crippen LogP contribution >= 0.6 is 0 Å². The van der Waals surface area contributed by atoms with Gasteiger partial charge in [-0.3, -0.25) is 4.79 Å².